The minimum absolute atomic E-state index is 0.298. The van der Waals surface area contributed by atoms with Crippen molar-refractivity contribution in [3.8, 4) is 0 Å². The molecule has 19 heavy (non-hydrogen) atoms. The van der Waals surface area contributed by atoms with Crippen LogP contribution < -0.4 is 4.90 Å². The normalized spacial score (nSPS) is 14.0. The molecule has 96 valence electrons. The van der Waals surface area contributed by atoms with Crippen molar-refractivity contribution in [1.29, 1.82) is 0 Å². The Bertz CT molecular complexity index is 625. The zero-order valence-electron chi connectivity index (χ0n) is 10.4. The number of fused-ring (bicyclic) bond motifs is 1. The summed E-state index contributed by atoms with van der Waals surface area (Å²) in [5, 5.41) is 9.29. The molecule has 0 radical (unpaired) electrons. The number of aromatic carboxylic acids is 1. The van der Waals surface area contributed by atoms with Crippen LogP contribution in [-0.2, 0) is 6.42 Å². The Morgan fingerprint density at radius 1 is 1.21 bits per heavy atom. The predicted molar refractivity (Wildman–Crippen MR) is 73.0 cm³/mol. The number of para-hydroxylation sites is 1. The summed E-state index contributed by atoms with van der Waals surface area (Å²) in [6.45, 7) is 0.822. The van der Waals surface area contributed by atoms with Crippen molar-refractivity contribution in [1.82, 2.24) is 4.98 Å². The summed E-state index contributed by atoms with van der Waals surface area (Å²) in [5.74, 6) is -0.916. The van der Waals surface area contributed by atoms with Crippen LogP contribution in [0.15, 0.2) is 42.7 Å². The van der Waals surface area contributed by atoms with Crippen LogP contribution in [0.4, 0.5) is 11.4 Å². The van der Waals surface area contributed by atoms with E-state index in [1.807, 2.05) is 18.2 Å². The van der Waals surface area contributed by atoms with E-state index in [9.17, 15) is 9.90 Å². The second kappa shape index (κ2) is 4.72. The van der Waals surface area contributed by atoms with Gasteiger partial charge < -0.3 is 10.0 Å². The summed E-state index contributed by atoms with van der Waals surface area (Å²) in [5.41, 5.74) is 3.31. The van der Waals surface area contributed by atoms with Gasteiger partial charge in [0, 0.05) is 18.4 Å². The number of carboxylic acids is 1. The number of hydrogen-bond donors (Lipinski definition) is 1. The number of carboxylic acid groups (broad SMARTS) is 1. The predicted octanol–water partition coefficient (Wildman–Crippen LogP) is 2.86. The molecule has 0 bridgehead atoms. The Morgan fingerprint density at radius 3 is 2.89 bits per heavy atom. The first-order valence-electron chi connectivity index (χ1n) is 6.30. The summed E-state index contributed by atoms with van der Waals surface area (Å²) in [7, 11) is 0. The van der Waals surface area contributed by atoms with Gasteiger partial charge in [0.25, 0.3) is 0 Å². The van der Waals surface area contributed by atoms with Gasteiger partial charge in [-0.3, -0.25) is 4.98 Å². The molecule has 2 heterocycles. The molecule has 0 aliphatic carbocycles. The van der Waals surface area contributed by atoms with Gasteiger partial charge >= 0.3 is 5.97 Å². The summed E-state index contributed by atoms with van der Waals surface area (Å²) < 4.78 is 0. The van der Waals surface area contributed by atoms with E-state index >= 15 is 0 Å². The Morgan fingerprint density at radius 2 is 2.05 bits per heavy atom. The molecular formula is C15H14N2O2. The number of anilines is 2. The smallest absolute Gasteiger partial charge is 0.337 e. The summed E-state index contributed by atoms with van der Waals surface area (Å²) in [6.07, 6.45) is 5.20. The first-order chi connectivity index (χ1) is 9.27. The lowest BCUT2D eigenvalue weighted by molar-refractivity contribution is 0.0697. The van der Waals surface area contributed by atoms with Gasteiger partial charge in [-0.05, 0) is 30.5 Å². The average molecular weight is 254 g/mol. The topological polar surface area (TPSA) is 53.4 Å². The monoisotopic (exact) mass is 254 g/mol. The molecule has 0 saturated heterocycles. The molecule has 0 atom stereocenters. The van der Waals surface area contributed by atoms with Crippen molar-refractivity contribution in [2.24, 2.45) is 0 Å². The van der Waals surface area contributed by atoms with E-state index in [4.69, 9.17) is 0 Å². The van der Waals surface area contributed by atoms with Crippen LogP contribution >= 0.6 is 0 Å². The van der Waals surface area contributed by atoms with Gasteiger partial charge in [0.2, 0.25) is 0 Å². The minimum atomic E-state index is -0.916. The third-order valence-corrected chi connectivity index (χ3v) is 3.43. The first kappa shape index (κ1) is 11.7. The van der Waals surface area contributed by atoms with Gasteiger partial charge in [-0.1, -0.05) is 18.2 Å². The molecule has 1 aliphatic rings. The highest BCUT2D eigenvalue weighted by atomic mass is 16.4. The van der Waals surface area contributed by atoms with Gasteiger partial charge in [-0.15, -0.1) is 0 Å². The lowest BCUT2D eigenvalue weighted by Gasteiger charge is -2.31. The molecule has 4 heteroatoms. The van der Waals surface area contributed by atoms with Crippen LogP contribution in [0.3, 0.4) is 0 Å². The maximum atomic E-state index is 11.3. The highest BCUT2D eigenvalue weighted by molar-refractivity contribution is 5.95. The number of aryl methyl sites for hydroxylation is 1. The van der Waals surface area contributed by atoms with Crippen LogP contribution in [-0.4, -0.2) is 22.6 Å². The molecule has 0 unspecified atom stereocenters. The van der Waals surface area contributed by atoms with Crippen LogP contribution in [0.2, 0.25) is 0 Å². The Kier molecular flexibility index (Phi) is 2.91. The molecular weight excluding hydrogens is 240 g/mol. The van der Waals surface area contributed by atoms with Crippen molar-refractivity contribution in [2.45, 2.75) is 12.8 Å². The molecule has 0 saturated carbocycles. The van der Waals surface area contributed by atoms with E-state index in [1.54, 1.807) is 12.3 Å². The fraction of sp³-hybridized carbons (Fsp3) is 0.200. The highest BCUT2D eigenvalue weighted by Gasteiger charge is 2.22. The zero-order valence-corrected chi connectivity index (χ0v) is 10.4. The number of aromatic nitrogens is 1. The molecule has 4 nitrogen and oxygen atoms in total. The SMILES string of the molecule is O=C(O)c1ccncc1N1CCCc2ccccc21. The van der Waals surface area contributed by atoms with E-state index in [0.29, 0.717) is 11.3 Å². The fourth-order valence-corrected chi connectivity index (χ4v) is 2.57. The number of carbonyl (C=O) groups is 1. The standard InChI is InChI=1S/C15H14N2O2/c18-15(19)12-7-8-16-10-14(12)17-9-3-5-11-4-1-2-6-13(11)17/h1-2,4,6-8,10H,3,5,9H2,(H,18,19). The Labute approximate surface area is 111 Å². The molecule has 0 fully saturated rings. The Balaban J connectivity index is 2.12. The van der Waals surface area contributed by atoms with Crippen LogP contribution in [0, 0.1) is 0 Å². The van der Waals surface area contributed by atoms with Crippen LogP contribution in [0.1, 0.15) is 22.3 Å². The van der Waals surface area contributed by atoms with Crippen molar-refractivity contribution >= 4 is 17.3 Å². The largest absolute Gasteiger partial charge is 0.478 e. The number of pyridine rings is 1. The van der Waals surface area contributed by atoms with E-state index in [2.05, 4.69) is 16.0 Å². The van der Waals surface area contributed by atoms with Crippen molar-refractivity contribution < 1.29 is 9.90 Å². The molecule has 1 aliphatic heterocycles. The molecule has 0 spiro atoms. The summed E-state index contributed by atoms with van der Waals surface area (Å²) >= 11 is 0. The van der Waals surface area contributed by atoms with Crippen molar-refractivity contribution in [2.75, 3.05) is 11.4 Å². The maximum absolute atomic E-state index is 11.3. The molecule has 1 aromatic heterocycles. The van der Waals surface area contributed by atoms with Crippen LogP contribution in [0.25, 0.3) is 0 Å². The zero-order chi connectivity index (χ0) is 13.2. The second-order valence-corrected chi connectivity index (χ2v) is 4.58. The minimum Gasteiger partial charge on any atom is -0.478 e. The molecule has 1 N–H and O–H groups in total. The lowest BCUT2D eigenvalue weighted by Crippen LogP contribution is -2.26. The molecule has 2 aromatic rings. The van der Waals surface area contributed by atoms with E-state index < -0.39 is 5.97 Å². The number of nitrogens with zero attached hydrogens (tertiary/aromatic N) is 2. The number of rotatable bonds is 2. The summed E-state index contributed by atoms with van der Waals surface area (Å²) in [4.78, 5) is 17.4. The molecule has 0 amide bonds. The maximum Gasteiger partial charge on any atom is 0.337 e. The Hall–Kier alpha value is -2.36. The quantitative estimate of drug-likeness (QED) is 0.895. The van der Waals surface area contributed by atoms with Crippen molar-refractivity contribution in [3.05, 3.63) is 53.9 Å². The van der Waals surface area contributed by atoms with Gasteiger partial charge in [0.15, 0.2) is 0 Å². The summed E-state index contributed by atoms with van der Waals surface area (Å²) in [6, 6.07) is 9.68. The first-order valence-corrected chi connectivity index (χ1v) is 6.30. The third-order valence-electron chi connectivity index (χ3n) is 3.43. The van der Waals surface area contributed by atoms with E-state index in [0.717, 1.165) is 25.1 Å². The highest BCUT2D eigenvalue weighted by Crippen LogP contribution is 2.34. The van der Waals surface area contributed by atoms with Gasteiger partial charge in [-0.2, -0.15) is 0 Å². The number of hydrogen-bond acceptors (Lipinski definition) is 3. The van der Waals surface area contributed by atoms with E-state index in [1.165, 1.54) is 11.8 Å². The van der Waals surface area contributed by atoms with Gasteiger partial charge in [0.05, 0.1) is 17.4 Å². The molecule has 1 aromatic carbocycles. The number of benzene rings is 1. The van der Waals surface area contributed by atoms with Crippen molar-refractivity contribution in [3.63, 3.8) is 0 Å². The fourth-order valence-electron chi connectivity index (χ4n) is 2.57. The molecule has 3 rings (SSSR count). The van der Waals surface area contributed by atoms with Gasteiger partial charge in [-0.25, -0.2) is 4.79 Å². The van der Waals surface area contributed by atoms with Gasteiger partial charge in [0.1, 0.15) is 0 Å². The lowest BCUT2D eigenvalue weighted by atomic mass is 10.0. The second-order valence-electron chi connectivity index (χ2n) is 4.58. The average Bonchev–Trinajstić information content (AvgIpc) is 2.46. The van der Waals surface area contributed by atoms with Crippen LogP contribution in [0.5, 0.6) is 0 Å². The van der Waals surface area contributed by atoms with E-state index in [-0.39, 0.29) is 0 Å². The third kappa shape index (κ3) is 2.05.